The number of amides is 2. The molecule has 186 valence electrons. The first-order valence-electron chi connectivity index (χ1n) is 11.7. The van der Waals surface area contributed by atoms with Gasteiger partial charge in [0.05, 0.1) is 12.3 Å². The van der Waals surface area contributed by atoms with Crippen LogP contribution in [0.4, 0.5) is 11.4 Å². The molecule has 0 saturated carbocycles. The molecular formula is C26H34N6O2S. The van der Waals surface area contributed by atoms with E-state index in [4.69, 9.17) is 0 Å². The first kappa shape index (κ1) is 26.3. The summed E-state index contributed by atoms with van der Waals surface area (Å²) < 4.78 is 1.88. The number of nitrogens with zero attached hydrogens (tertiary/aromatic N) is 4. The second-order valence-electron chi connectivity index (χ2n) is 8.47. The van der Waals surface area contributed by atoms with Gasteiger partial charge in [-0.3, -0.25) is 9.59 Å². The normalized spacial score (nSPS) is 10.8. The molecule has 2 N–H and O–H groups in total. The highest BCUT2D eigenvalue weighted by Gasteiger charge is 2.15. The minimum Gasteiger partial charge on any atom is -0.372 e. The lowest BCUT2D eigenvalue weighted by molar-refractivity contribution is -0.122. The van der Waals surface area contributed by atoms with Crippen LogP contribution in [0.5, 0.6) is 0 Å². The van der Waals surface area contributed by atoms with Crippen LogP contribution in [0.1, 0.15) is 30.5 Å². The molecule has 0 radical (unpaired) electrons. The van der Waals surface area contributed by atoms with Gasteiger partial charge in [0, 0.05) is 37.1 Å². The summed E-state index contributed by atoms with van der Waals surface area (Å²) in [6, 6.07) is 12.3. The number of aromatic nitrogens is 3. The third kappa shape index (κ3) is 6.63. The van der Waals surface area contributed by atoms with Gasteiger partial charge in [-0.15, -0.1) is 10.2 Å². The molecule has 2 aromatic carbocycles. The lowest BCUT2D eigenvalue weighted by Gasteiger charge is -2.21. The van der Waals surface area contributed by atoms with E-state index in [9.17, 15) is 9.59 Å². The smallest absolute Gasteiger partial charge is 0.243 e. The molecule has 0 aliphatic carbocycles. The Hall–Kier alpha value is -3.33. The van der Waals surface area contributed by atoms with Gasteiger partial charge in [0.15, 0.2) is 11.0 Å². The van der Waals surface area contributed by atoms with Crippen molar-refractivity contribution >= 4 is 35.0 Å². The third-order valence-electron chi connectivity index (χ3n) is 5.81. The summed E-state index contributed by atoms with van der Waals surface area (Å²) in [4.78, 5) is 26.9. The molecule has 0 spiro atoms. The van der Waals surface area contributed by atoms with Gasteiger partial charge in [-0.05, 0) is 70.0 Å². The maximum absolute atomic E-state index is 12.3. The summed E-state index contributed by atoms with van der Waals surface area (Å²) in [6.07, 6.45) is 0. The first-order chi connectivity index (χ1) is 16.7. The molecule has 0 atom stereocenters. The highest BCUT2D eigenvalue weighted by Crippen LogP contribution is 2.25. The number of thioether (sulfide) groups is 1. The average molecular weight is 495 g/mol. The van der Waals surface area contributed by atoms with Crippen molar-refractivity contribution in [3.05, 3.63) is 53.1 Å². The Morgan fingerprint density at radius 3 is 2.20 bits per heavy atom. The van der Waals surface area contributed by atoms with Gasteiger partial charge in [0.25, 0.3) is 0 Å². The van der Waals surface area contributed by atoms with E-state index >= 15 is 0 Å². The molecule has 9 heteroatoms. The Labute approximate surface area is 211 Å². The molecule has 3 aromatic rings. The van der Waals surface area contributed by atoms with Crippen LogP contribution in [0.15, 0.2) is 41.6 Å². The van der Waals surface area contributed by atoms with Crippen molar-refractivity contribution in [2.24, 2.45) is 7.05 Å². The summed E-state index contributed by atoms with van der Waals surface area (Å²) in [6.45, 7) is 12.0. The predicted molar refractivity (Wildman–Crippen MR) is 143 cm³/mol. The fourth-order valence-electron chi connectivity index (χ4n) is 4.02. The van der Waals surface area contributed by atoms with Crippen LogP contribution in [0.2, 0.25) is 0 Å². The topological polar surface area (TPSA) is 92.2 Å². The van der Waals surface area contributed by atoms with Crippen molar-refractivity contribution in [2.75, 3.05) is 35.6 Å². The molecule has 1 aromatic heterocycles. The minimum atomic E-state index is -0.257. The maximum atomic E-state index is 12.3. The van der Waals surface area contributed by atoms with Crippen molar-refractivity contribution in [1.82, 2.24) is 20.1 Å². The van der Waals surface area contributed by atoms with Crippen LogP contribution in [0, 0.1) is 20.8 Å². The summed E-state index contributed by atoms with van der Waals surface area (Å²) in [5.41, 5.74) is 6.07. The van der Waals surface area contributed by atoms with Gasteiger partial charge in [0.1, 0.15) is 0 Å². The number of anilines is 2. The zero-order valence-corrected chi connectivity index (χ0v) is 22.1. The molecule has 3 rings (SSSR count). The van der Waals surface area contributed by atoms with E-state index in [1.54, 1.807) is 0 Å². The predicted octanol–water partition coefficient (Wildman–Crippen LogP) is 4.10. The number of carbonyl (C=O) groups excluding carboxylic acids is 2. The molecule has 0 bridgehead atoms. The van der Waals surface area contributed by atoms with Crippen molar-refractivity contribution in [3.63, 3.8) is 0 Å². The van der Waals surface area contributed by atoms with Gasteiger partial charge in [-0.2, -0.15) is 0 Å². The standard InChI is InChI=1S/C26H34N6O2S/c1-7-32(8-2)21-11-9-20(10-12-21)25-29-30-26(31(25)6)35-16-23(34)27-15-22(33)28-24-18(4)13-17(3)14-19(24)5/h9-14H,7-8,15-16H2,1-6H3,(H,27,34)(H,28,33). The van der Waals surface area contributed by atoms with Gasteiger partial charge >= 0.3 is 0 Å². The zero-order valence-electron chi connectivity index (χ0n) is 21.3. The van der Waals surface area contributed by atoms with Crippen LogP contribution in [0.25, 0.3) is 11.4 Å². The molecule has 0 aliphatic rings. The Morgan fingerprint density at radius 1 is 0.971 bits per heavy atom. The molecular weight excluding hydrogens is 460 g/mol. The average Bonchev–Trinajstić information content (AvgIpc) is 3.20. The number of aryl methyl sites for hydroxylation is 3. The summed E-state index contributed by atoms with van der Waals surface area (Å²) in [5.74, 6) is 0.383. The molecule has 8 nitrogen and oxygen atoms in total. The van der Waals surface area contributed by atoms with Gasteiger partial charge < -0.3 is 20.1 Å². The Bertz CT molecular complexity index is 1160. The number of hydrogen-bond acceptors (Lipinski definition) is 6. The summed E-state index contributed by atoms with van der Waals surface area (Å²) >= 11 is 1.29. The third-order valence-corrected chi connectivity index (χ3v) is 6.83. The van der Waals surface area contributed by atoms with Crippen LogP contribution in [-0.2, 0) is 16.6 Å². The molecule has 0 fully saturated rings. The van der Waals surface area contributed by atoms with E-state index in [2.05, 4.69) is 51.7 Å². The van der Waals surface area contributed by atoms with E-state index in [1.807, 2.05) is 56.7 Å². The summed E-state index contributed by atoms with van der Waals surface area (Å²) in [5, 5.41) is 14.7. The molecule has 0 unspecified atom stereocenters. The Balaban J connectivity index is 1.52. The van der Waals surface area contributed by atoms with Crippen LogP contribution in [-0.4, -0.2) is 52.0 Å². The van der Waals surface area contributed by atoms with Gasteiger partial charge in [-0.25, -0.2) is 0 Å². The number of carbonyl (C=O) groups is 2. The fraction of sp³-hybridized carbons (Fsp3) is 0.385. The van der Waals surface area contributed by atoms with E-state index in [0.29, 0.717) is 5.16 Å². The second kappa shape index (κ2) is 11.9. The molecule has 0 aliphatic heterocycles. The second-order valence-corrected chi connectivity index (χ2v) is 9.41. The lowest BCUT2D eigenvalue weighted by Crippen LogP contribution is -2.34. The first-order valence-corrected chi connectivity index (χ1v) is 12.7. The quantitative estimate of drug-likeness (QED) is 0.412. The largest absolute Gasteiger partial charge is 0.372 e. The van der Waals surface area contributed by atoms with Crippen LogP contribution in [0.3, 0.4) is 0 Å². The molecule has 35 heavy (non-hydrogen) atoms. The van der Waals surface area contributed by atoms with Gasteiger partial charge in [0.2, 0.25) is 11.8 Å². The monoisotopic (exact) mass is 494 g/mol. The number of rotatable bonds is 10. The lowest BCUT2D eigenvalue weighted by atomic mass is 10.1. The fourth-order valence-corrected chi connectivity index (χ4v) is 4.76. The highest BCUT2D eigenvalue weighted by atomic mass is 32.2. The zero-order chi connectivity index (χ0) is 25.5. The maximum Gasteiger partial charge on any atom is 0.243 e. The van der Waals surface area contributed by atoms with E-state index in [1.165, 1.54) is 17.4 Å². The highest BCUT2D eigenvalue weighted by molar-refractivity contribution is 7.99. The van der Waals surface area contributed by atoms with Crippen molar-refractivity contribution in [3.8, 4) is 11.4 Å². The van der Waals surface area contributed by atoms with E-state index < -0.39 is 0 Å². The Kier molecular flexibility index (Phi) is 8.92. The number of hydrogen-bond donors (Lipinski definition) is 2. The van der Waals surface area contributed by atoms with Crippen LogP contribution >= 0.6 is 11.8 Å². The van der Waals surface area contributed by atoms with Gasteiger partial charge in [-0.1, -0.05) is 29.5 Å². The molecule has 1 heterocycles. The van der Waals surface area contributed by atoms with Crippen molar-refractivity contribution < 1.29 is 9.59 Å². The molecule has 2 amide bonds. The molecule has 0 saturated heterocycles. The van der Waals surface area contributed by atoms with E-state index in [-0.39, 0.29) is 24.1 Å². The Morgan fingerprint density at radius 2 is 1.60 bits per heavy atom. The minimum absolute atomic E-state index is 0.0882. The van der Waals surface area contributed by atoms with Crippen molar-refractivity contribution in [2.45, 2.75) is 39.8 Å². The summed E-state index contributed by atoms with van der Waals surface area (Å²) in [7, 11) is 1.88. The van der Waals surface area contributed by atoms with E-state index in [0.717, 1.165) is 46.9 Å². The van der Waals surface area contributed by atoms with Crippen molar-refractivity contribution in [1.29, 1.82) is 0 Å². The van der Waals surface area contributed by atoms with Crippen LogP contribution < -0.4 is 15.5 Å². The number of benzene rings is 2. The number of nitrogens with one attached hydrogen (secondary N) is 2. The SMILES string of the molecule is CCN(CC)c1ccc(-c2nnc(SCC(=O)NCC(=O)Nc3c(C)cc(C)cc3C)n2C)cc1.